The summed E-state index contributed by atoms with van der Waals surface area (Å²) in [6.07, 6.45) is 2.93. The molecular formula is C27H32FN3O3. The van der Waals surface area contributed by atoms with Crippen LogP contribution in [0.3, 0.4) is 0 Å². The summed E-state index contributed by atoms with van der Waals surface area (Å²) in [5.74, 6) is -0.892. The first-order chi connectivity index (χ1) is 16.4. The quantitative estimate of drug-likeness (QED) is 0.588. The van der Waals surface area contributed by atoms with Gasteiger partial charge in [-0.25, -0.2) is 9.40 Å². The number of carbonyl (C=O) groups excluding carboxylic acids is 2. The molecule has 0 N–H and O–H groups in total. The Morgan fingerprint density at radius 2 is 1.94 bits per heavy atom. The van der Waals surface area contributed by atoms with Crippen molar-refractivity contribution in [3.8, 4) is 0 Å². The summed E-state index contributed by atoms with van der Waals surface area (Å²) in [7, 11) is 0. The number of benzene rings is 2. The molecule has 4 rings (SSSR count). The minimum Gasteiger partial charge on any atom is -0.465 e. The van der Waals surface area contributed by atoms with Gasteiger partial charge < -0.3 is 4.74 Å². The highest BCUT2D eigenvalue weighted by atomic mass is 19.1. The molecule has 0 saturated carbocycles. The van der Waals surface area contributed by atoms with Crippen LogP contribution < -0.4 is 0 Å². The molecule has 0 aromatic heterocycles. The fourth-order valence-electron chi connectivity index (χ4n) is 4.87. The second-order valence-electron chi connectivity index (χ2n) is 9.08. The third-order valence-corrected chi connectivity index (χ3v) is 6.64. The molecule has 2 aliphatic heterocycles. The van der Waals surface area contributed by atoms with Crippen LogP contribution in [0.4, 0.5) is 4.39 Å². The van der Waals surface area contributed by atoms with Crippen LogP contribution in [-0.4, -0.2) is 53.2 Å². The minimum atomic E-state index is -0.533. The molecule has 0 spiro atoms. The van der Waals surface area contributed by atoms with Crippen molar-refractivity contribution in [1.29, 1.82) is 0 Å². The number of carbonyl (C=O) groups is 2. The first kappa shape index (κ1) is 24.1. The van der Waals surface area contributed by atoms with Gasteiger partial charge in [0.15, 0.2) is 0 Å². The molecular weight excluding hydrogens is 433 g/mol. The summed E-state index contributed by atoms with van der Waals surface area (Å²) < 4.78 is 20.0. The number of nitrogens with zero attached hydrogens (tertiary/aromatic N) is 3. The molecule has 2 atom stereocenters. The van der Waals surface area contributed by atoms with Crippen LogP contribution in [-0.2, 0) is 14.3 Å². The molecule has 1 fully saturated rings. The smallest absolute Gasteiger partial charge is 0.323 e. The summed E-state index contributed by atoms with van der Waals surface area (Å²) in [4.78, 5) is 27.9. The molecule has 2 unspecified atom stereocenters. The molecule has 6 nitrogen and oxygen atoms in total. The molecule has 2 heterocycles. The molecule has 2 aromatic rings. The van der Waals surface area contributed by atoms with Gasteiger partial charge in [-0.05, 0) is 57.9 Å². The van der Waals surface area contributed by atoms with E-state index in [-0.39, 0.29) is 24.2 Å². The predicted octanol–water partition coefficient (Wildman–Crippen LogP) is 4.54. The third-order valence-electron chi connectivity index (χ3n) is 6.64. The number of hydrogen-bond acceptors (Lipinski definition) is 5. The van der Waals surface area contributed by atoms with Gasteiger partial charge in [0.1, 0.15) is 11.9 Å². The predicted molar refractivity (Wildman–Crippen MR) is 129 cm³/mol. The van der Waals surface area contributed by atoms with Crippen molar-refractivity contribution < 1.29 is 18.7 Å². The zero-order chi connectivity index (χ0) is 24.2. The number of piperidine rings is 1. The number of ether oxygens (including phenoxy) is 1. The van der Waals surface area contributed by atoms with Crippen molar-refractivity contribution in [3.05, 3.63) is 70.5 Å². The van der Waals surface area contributed by atoms with Gasteiger partial charge >= 0.3 is 5.97 Å². The molecule has 2 aromatic carbocycles. The van der Waals surface area contributed by atoms with Gasteiger partial charge in [-0.1, -0.05) is 42.3 Å². The van der Waals surface area contributed by atoms with E-state index in [1.54, 1.807) is 25.1 Å². The van der Waals surface area contributed by atoms with E-state index in [9.17, 15) is 14.0 Å². The van der Waals surface area contributed by atoms with Gasteiger partial charge in [-0.15, -0.1) is 0 Å². The Balaban J connectivity index is 1.64. The van der Waals surface area contributed by atoms with Crippen molar-refractivity contribution in [1.82, 2.24) is 9.91 Å². The lowest BCUT2D eigenvalue weighted by atomic mass is 9.95. The summed E-state index contributed by atoms with van der Waals surface area (Å²) in [5.41, 5.74) is 4.34. The monoisotopic (exact) mass is 465 g/mol. The maximum atomic E-state index is 14.8. The molecule has 2 aliphatic rings. The Hall–Kier alpha value is -3.06. The standard InChI is InChI=1S/C27H32FN3O3/c1-4-34-27(33)24-11-7-8-14-30(24)17-26(32)31-25(20-9-5-6-10-22(20)28)16-23(29-31)21-15-18(2)12-13-19(21)3/h5-6,9-10,12-13,15,24-25H,4,7-8,11,14,16-17H2,1-3H3. The average Bonchev–Trinajstić information content (AvgIpc) is 3.26. The number of likely N-dealkylation sites (tertiary alicyclic amines) is 1. The number of aryl methyl sites for hydroxylation is 2. The number of amides is 1. The number of halogens is 1. The van der Waals surface area contributed by atoms with E-state index in [2.05, 4.69) is 6.07 Å². The maximum absolute atomic E-state index is 14.8. The molecule has 1 saturated heterocycles. The van der Waals surface area contributed by atoms with Crippen LogP contribution in [0.2, 0.25) is 0 Å². The Morgan fingerprint density at radius 3 is 2.71 bits per heavy atom. The summed E-state index contributed by atoms with van der Waals surface area (Å²) >= 11 is 0. The lowest BCUT2D eigenvalue weighted by Crippen LogP contribution is -2.49. The Morgan fingerprint density at radius 1 is 1.15 bits per heavy atom. The lowest BCUT2D eigenvalue weighted by molar-refractivity contribution is -0.152. The highest BCUT2D eigenvalue weighted by Crippen LogP contribution is 2.35. The summed E-state index contributed by atoms with van der Waals surface area (Å²) in [6.45, 7) is 6.79. The lowest BCUT2D eigenvalue weighted by Gasteiger charge is -2.34. The first-order valence-corrected chi connectivity index (χ1v) is 12.0. The van der Waals surface area contributed by atoms with Crippen molar-refractivity contribution >= 4 is 17.6 Å². The Bertz CT molecular complexity index is 1100. The van der Waals surface area contributed by atoms with E-state index >= 15 is 0 Å². The minimum absolute atomic E-state index is 0.0397. The van der Waals surface area contributed by atoms with Crippen LogP contribution in [0.5, 0.6) is 0 Å². The summed E-state index contributed by atoms with van der Waals surface area (Å²) in [6, 6.07) is 11.7. The molecule has 34 heavy (non-hydrogen) atoms. The number of hydrogen-bond donors (Lipinski definition) is 0. The number of rotatable bonds is 6. The number of hydrazone groups is 1. The average molecular weight is 466 g/mol. The zero-order valence-electron chi connectivity index (χ0n) is 20.1. The fraction of sp³-hybridized carbons (Fsp3) is 0.444. The molecule has 0 bridgehead atoms. The van der Waals surface area contributed by atoms with Gasteiger partial charge in [0, 0.05) is 17.5 Å². The van der Waals surface area contributed by atoms with Gasteiger partial charge in [-0.3, -0.25) is 14.5 Å². The van der Waals surface area contributed by atoms with E-state index in [1.807, 2.05) is 30.9 Å². The second kappa shape index (κ2) is 10.5. The molecule has 0 aliphatic carbocycles. The van der Waals surface area contributed by atoms with Gasteiger partial charge in [-0.2, -0.15) is 5.10 Å². The van der Waals surface area contributed by atoms with Crippen LogP contribution in [0.1, 0.15) is 60.9 Å². The SMILES string of the molecule is CCOC(=O)C1CCCCN1CC(=O)N1N=C(c2cc(C)ccc2C)CC1c1ccccc1F. The van der Waals surface area contributed by atoms with Crippen molar-refractivity contribution in [2.75, 3.05) is 19.7 Å². The molecule has 180 valence electrons. The van der Waals surface area contributed by atoms with Gasteiger partial charge in [0.2, 0.25) is 0 Å². The maximum Gasteiger partial charge on any atom is 0.323 e. The first-order valence-electron chi connectivity index (χ1n) is 12.0. The third kappa shape index (κ3) is 5.04. The molecule has 1 amide bonds. The van der Waals surface area contributed by atoms with Crippen LogP contribution in [0.25, 0.3) is 0 Å². The van der Waals surface area contributed by atoms with Crippen LogP contribution in [0, 0.1) is 19.7 Å². The largest absolute Gasteiger partial charge is 0.465 e. The highest BCUT2D eigenvalue weighted by Gasteiger charge is 2.38. The van der Waals surface area contributed by atoms with Crippen molar-refractivity contribution in [3.63, 3.8) is 0 Å². The Labute approximate surface area is 200 Å². The fourth-order valence-corrected chi connectivity index (χ4v) is 4.87. The van der Waals surface area contributed by atoms with E-state index in [4.69, 9.17) is 9.84 Å². The molecule has 7 heteroatoms. The highest BCUT2D eigenvalue weighted by molar-refractivity contribution is 6.04. The van der Waals surface area contributed by atoms with E-state index in [0.717, 1.165) is 35.2 Å². The molecule has 0 radical (unpaired) electrons. The normalized spacial score (nSPS) is 20.8. The van der Waals surface area contributed by atoms with E-state index in [1.165, 1.54) is 11.1 Å². The summed E-state index contributed by atoms with van der Waals surface area (Å²) in [5, 5.41) is 6.14. The van der Waals surface area contributed by atoms with Gasteiger partial charge in [0.05, 0.1) is 24.9 Å². The van der Waals surface area contributed by atoms with Crippen LogP contribution >= 0.6 is 0 Å². The second-order valence-corrected chi connectivity index (χ2v) is 9.08. The van der Waals surface area contributed by atoms with Crippen LogP contribution in [0.15, 0.2) is 47.6 Å². The van der Waals surface area contributed by atoms with Gasteiger partial charge in [0.25, 0.3) is 5.91 Å². The van der Waals surface area contributed by atoms with Crippen molar-refractivity contribution in [2.45, 2.75) is 58.5 Å². The number of esters is 1. The van der Waals surface area contributed by atoms with E-state index < -0.39 is 12.1 Å². The van der Waals surface area contributed by atoms with Crippen molar-refractivity contribution in [2.24, 2.45) is 5.10 Å². The van der Waals surface area contributed by atoms with E-state index in [0.29, 0.717) is 31.6 Å². The zero-order valence-corrected chi connectivity index (χ0v) is 20.1. The Kier molecular flexibility index (Phi) is 7.41. The topological polar surface area (TPSA) is 62.2 Å².